The molecule has 2 heterocycles. The molecule has 1 fully saturated rings. The Bertz CT molecular complexity index is 869. The number of nitrogens with one attached hydrogen (secondary N) is 1. The molecule has 0 bridgehead atoms. The number of hydrogen-bond donors (Lipinski definition) is 3. The number of piperidine rings is 1. The molecule has 2 atom stereocenters. The summed E-state index contributed by atoms with van der Waals surface area (Å²) in [5.74, 6) is 0.735. The average Bonchev–Trinajstić information content (AvgIpc) is 2.99. The third-order valence-corrected chi connectivity index (χ3v) is 6.80. The zero-order valence-corrected chi connectivity index (χ0v) is 21.9. The van der Waals surface area contributed by atoms with Crippen molar-refractivity contribution < 1.29 is 18.3 Å². The van der Waals surface area contributed by atoms with Gasteiger partial charge in [0.25, 0.3) is 0 Å². The quantitative estimate of drug-likeness (QED) is 0.249. The molecule has 2 rings (SSSR count). The maximum absolute atomic E-state index is 11.8. The Morgan fingerprint density at radius 2 is 2.06 bits per heavy atom. The number of aliphatic imine (C=N–C) groups is 1. The molecule has 0 amide bonds. The van der Waals surface area contributed by atoms with E-state index in [4.69, 9.17) is 22.1 Å². The Morgan fingerprint density at radius 3 is 2.65 bits per heavy atom. The van der Waals surface area contributed by atoms with E-state index in [0.717, 1.165) is 57.3 Å². The molecule has 194 valence electrons. The molecular weight excluding hydrogens is 480 g/mol. The van der Waals surface area contributed by atoms with E-state index in [1.165, 1.54) is 11.3 Å². The number of unbranched alkanes of at least 4 members (excludes halogenated alkanes) is 2. The topological polar surface area (TPSA) is 124 Å². The van der Waals surface area contributed by atoms with Crippen molar-refractivity contribution >= 4 is 27.8 Å². The van der Waals surface area contributed by atoms with Crippen molar-refractivity contribution in [1.82, 2.24) is 19.9 Å². The van der Waals surface area contributed by atoms with Crippen LogP contribution in [-0.2, 0) is 14.8 Å². The van der Waals surface area contributed by atoms with Gasteiger partial charge in [0.1, 0.15) is 5.82 Å². The Hall–Kier alpha value is -1.63. The minimum atomic E-state index is -3.50. The fraction of sp³-hybridized carbons (Fsp3) is 0.682. The van der Waals surface area contributed by atoms with E-state index in [2.05, 4.69) is 21.3 Å². The number of rotatable bonds is 13. The summed E-state index contributed by atoms with van der Waals surface area (Å²) >= 11 is 6.52. The summed E-state index contributed by atoms with van der Waals surface area (Å²) < 4.78 is 29.6. The Kier molecular flexibility index (Phi) is 11.3. The number of allylic oxidation sites excluding steroid dienone is 2. The van der Waals surface area contributed by atoms with Crippen LogP contribution in [0.5, 0.6) is 0 Å². The highest BCUT2D eigenvalue weighted by molar-refractivity contribution is 7.88. The van der Waals surface area contributed by atoms with Crippen LogP contribution in [-0.4, -0.2) is 86.0 Å². The molecule has 0 aliphatic carbocycles. The van der Waals surface area contributed by atoms with Gasteiger partial charge in [-0.15, -0.1) is 4.83 Å². The lowest BCUT2D eigenvalue weighted by Gasteiger charge is -2.33. The highest BCUT2D eigenvalue weighted by Crippen LogP contribution is 2.34. The summed E-state index contributed by atoms with van der Waals surface area (Å²) in [5, 5.41) is 13.6. The molecule has 0 saturated carbocycles. The van der Waals surface area contributed by atoms with Gasteiger partial charge in [-0.2, -0.15) is 5.01 Å². The molecule has 12 heteroatoms. The van der Waals surface area contributed by atoms with E-state index < -0.39 is 22.2 Å². The number of ether oxygens (including phenoxy) is 1. The smallest absolute Gasteiger partial charge is 0.226 e. The number of aliphatic hydroxyl groups excluding tert-OH is 1. The van der Waals surface area contributed by atoms with Crippen molar-refractivity contribution in [2.45, 2.75) is 63.7 Å². The molecule has 2 aliphatic rings. The van der Waals surface area contributed by atoms with E-state index >= 15 is 0 Å². The first kappa shape index (κ1) is 28.6. The largest absolute Gasteiger partial charge is 0.405 e. The number of halogens is 1. The van der Waals surface area contributed by atoms with E-state index in [1.807, 2.05) is 0 Å². The highest BCUT2D eigenvalue weighted by atomic mass is 35.5. The molecule has 0 aromatic heterocycles. The number of nitrogens with zero attached hydrogens (tertiary/aromatic N) is 4. The second-order valence-electron chi connectivity index (χ2n) is 8.68. The maximum atomic E-state index is 11.8. The van der Waals surface area contributed by atoms with Gasteiger partial charge in [-0.25, -0.2) is 18.5 Å². The van der Waals surface area contributed by atoms with Crippen LogP contribution in [0.1, 0.15) is 45.4 Å². The molecule has 2 aliphatic heterocycles. The lowest BCUT2D eigenvalue weighted by atomic mass is 10.1. The van der Waals surface area contributed by atoms with Gasteiger partial charge in [-0.05, 0) is 51.3 Å². The first-order valence-corrected chi connectivity index (χ1v) is 13.9. The van der Waals surface area contributed by atoms with E-state index in [9.17, 15) is 13.5 Å². The lowest BCUT2D eigenvalue weighted by Crippen LogP contribution is -2.51. The normalized spacial score (nSPS) is 22.0. The van der Waals surface area contributed by atoms with Crippen LogP contribution >= 0.6 is 11.6 Å². The molecule has 10 nitrogen and oxygen atoms in total. The van der Waals surface area contributed by atoms with Crippen LogP contribution < -0.4 is 10.6 Å². The molecule has 1 saturated heterocycles. The van der Waals surface area contributed by atoms with Crippen LogP contribution in [0, 0.1) is 0 Å². The molecule has 34 heavy (non-hydrogen) atoms. The summed E-state index contributed by atoms with van der Waals surface area (Å²) in [6.45, 7) is 8.03. The number of sulfonamides is 1. The van der Waals surface area contributed by atoms with E-state index in [-0.39, 0.29) is 6.10 Å². The zero-order valence-electron chi connectivity index (χ0n) is 20.4. The van der Waals surface area contributed by atoms with Crippen LogP contribution in [0.2, 0.25) is 0 Å². The van der Waals surface area contributed by atoms with Crippen molar-refractivity contribution in [3.05, 3.63) is 35.4 Å². The third-order valence-electron chi connectivity index (χ3n) is 5.86. The second-order valence-corrected chi connectivity index (χ2v) is 10.8. The van der Waals surface area contributed by atoms with E-state index in [1.54, 1.807) is 31.3 Å². The van der Waals surface area contributed by atoms with Gasteiger partial charge in [0.2, 0.25) is 10.0 Å². The van der Waals surface area contributed by atoms with Crippen LogP contribution in [0.25, 0.3) is 0 Å². The molecular formula is C22H39ClN6O4S. The highest BCUT2D eigenvalue weighted by Gasteiger charge is 2.39. The van der Waals surface area contributed by atoms with Crippen molar-refractivity contribution in [2.24, 2.45) is 10.7 Å². The predicted octanol–water partition coefficient (Wildman–Crippen LogP) is 1.87. The van der Waals surface area contributed by atoms with Crippen molar-refractivity contribution in [3.8, 4) is 0 Å². The number of hydrazine groups is 2. The summed E-state index contributed by atoms with van der Waals surface area (Å²) in [5.41, 5.74) is 5.96. The summed E-state index contributed by atoms with van der Waals surface area (Å²) in [6, 6.07) is -0.487. The fourth-order valence-electron chi connectivity index (χ4n) is 4.14. The minimum Gasteiger partial charge on any atom is -0.405 e. The summed E-state index contributed by atoms with van der Waals surface area (Å²) in [6.07, 6.45) is 10.4. The standard InChI is InChI=1S/C22H39ClN6O4S/c1-17(30)22-21(23)20(29(27(22)3)26-34(4,31)32)9-6-5-7-16-33-19-10-14-28(15-11-19)18(2)25-13-8-12-24/h8,12-13,17,19,22,26,30H,2,5-7,9-11,14-16,24H2,1,3-4H3/b12-8-,25-13?. The number of hydrogen-bond acceptors (Lipinski definition) is 9. The van der Waals surface area contributed by atoms with Crippen molar-refractivity contribution in [3.63, 3.8) is 0 Å². The first-order valence-electron chi connectivity index (χ1n) is 11.6. The molecule has 2 unspecified atom stereocenters. The SMILES string of the molecule is C=C(N=C/C=C\N)N1CCC(OCCCCCC2=C(Cl)C(C(C)O)N(C)N2NS(C)(=O)=O)CC1. The molecule has 0 aromatic carbocycles. The van der Waals surface area contributed by atoms with Gasteiger partial charge in [0, 0.05) is 33.0 Å². The third kappa shape index (κ3) is 8.54. The Labute approximate surface area is 208 Å². The molecule has 0 aromatic rings. The van der Waals surface area contributed by atoms with Gasteiger partial charge >= 0.3 is 0 Å². The van der Waals surface area contributed by atoms with Crippen molar-refractivity contribution in [1.29, 1.82) is 0 Å². The molecule has 0 radical (unpaired) electrons. The predicted molar refractivity (Wildman–Crippen MR) is 136 cm³/mol. The van der Waals surface area contributed by atoms with Crippen molar-refractivity contribution in [2.75, 3.05) is 33.0 Å². The Morgan fingerprint density at radius 1 is 1.38 bits per heavy atom. The zero-order chi connectivity index (χ0) is 25.3. The summed E-state index contributed by atoms with van der Waals surface area (Å²) in [4.78, 5) is 8.89. The summed E-state index contributed by atoms with van der Waals surface area (Å²) in [7, 11) is -1.80. The fourth-order valence-corrected chi connectivity index (χ4v) is 5.19. The van der Waals surface area contributed by atoms with Gasteiger partial charge < -0.3 is 20.5 Å². The molecule has 4 N–H and O–H groups in total. The second kappa shape index (κ2) is 13.5. The average molecular weight is 519 g/mol. The monoisotopic (exact) mass is 518 g/mol. The maximum Gasteiger partial charge on any atom is 0.226 e. The molecule has 0 spiro atoms. The Balaban J connectivity index is 1.72. The van der Waals surface area contributed by atoms with Gasteiger partial charge in [0.15, 0.2) is 0 Å². The first-order chi connectivity index (χ1) is 16.0. The van der Waals surface area contributed by atoms with Crippen LogP contribution in [0.15, 0.2) is 40.4 Å². The van der Waals surface area contributed by atoms with Gasteiger partial charge in [0.05, 0.1) is 35.2 Å². The van der Waals surface area contributed by atoms with Crippen LogP contribution in [0.3, 0.4) is 0 Å². The number of aliphatic hydroxyl groups is 1. The number of likely N-dealkylation sites (tertiary alicyclic amines) is 1. The minimum absolute atomic E-state index is 0.235. The van der Waals surface area contributed by atoms with Gasteiger partial charge in [-0.3, -0.25) is 0 Å². The van der Waals surface area contributed by atoms with E-state index in [0.29, 0.717) is 23.8 Å². The lowest BCUT2D eigenvalue weighted by molar-refractivity contribution is -0.0282. The number of likely N-dealkylation sites (N-methyl/N-ethyl adjacent to an activating group) is 1. The van der Waals surface area contributed by atoms with Gasteiger partial charge in [-0.1, -0.05) is 24.6 Å². The van der Waals surface area contributed by atoms with Crippen LogP contribution in [0.4, 0.5) is 0 Å². The number of nitrogens with two attached hydrogens (primary N) is 1.